The molecule has 0 atom stereocenters. The Kier molecular flexibility index (Phi) is 5.08. The van der Waals surface area contributed by atoms with Crippen molar-refractivity contribution >= 4 is 32.8 Å². The molecular weight excluding hydrogens is 364 g/mol. The number of alkyl halides is 6. The third kappa shape index (κ3) is 4.27. The fourth-order valence-corrected chi connectivity index (χ4v) is 1.76. The predicted molar refractivity (Wildman–Crippen MR) is 58.7 cm³/mol. The Labute approximate surface area is 116 Å². The number of pyridine rings is 1. The second-order valence-corrected chi connectivity index (χ2v) is 4.05. The van der Waals surface area contributed by atoms with E-state index >= 15 is 0 Å². The Balaban J connectivity index is 3.41. The summed E-state index contributed by atoms with van der Waals surface area (Å²) in [5, 5.41) is -1.43. The van der Waals surface area contributed by atoms with Crippen LogP contribution in [0.25, 0.3) is 0 Å². The summed E-state index contributed by atoms with van der Waals surface area (Å²) in [5.74, 6) is -1.30. The van der Waals surface area contributed by atoms with Crippen molar-refractivity contribution < 1.29 is 31.5 Å². The molecule has 3 nitrogen and oxygen atoms in total. The topological polar surface area (TPSA) is 39.2 Å². The van der Waals surface area contributed by atoms with Crippen molar-refractivity contribution in [3.63, 3.8) is 0 Å². The highest BCUT2D eigenvalue weighted by molar-refractivity contribution is 9.08. The molecule has 1 aromatic heterocycles. The molecule has 0 amide bonds. The Morgan fingerprint density at radius 2 is 2.05 bits per heavy atom. The average molecular weight is 368 g/mol. The van der Waals surface area contributed by atoms with E-state index in [9.17, 15) is 26.7 Å². The fraction of sp³-hybridized carbons (Fsp3) is 0.333. The lowest BCUT2D eigenvalue weighted by Gasteiger charge is -2.14. The van der Waals surface area contributed by atoms with Gasteiger partial charge in [-0.25, -0.2) is 13.8 Å². The number of hydrogen-bond donors (Lipinski definition) is 0. The summed E-state index contributed by atoms with van der Waals surface area (Å²) in [6, 6.07) is 0.777. The maximum atomic E-state index is 12.6. The zero-order valence-electron chi connectivity index (χ0n) is 8.77. The predicted octanol–water partition coefficient (Wildman–Crippen LogP) is 4.19. The van der Waals surface area contributed by atoms with E-state index in [4.69, 9.17) is 11.6 Å². The van der Waals surface area contributed by atoms with Gasteiger partial charge in [0.25, 0.3) is 11.7 Å². The number of carbonyl (C=O) groups excluding carboxylic acids is 1. The van der Waals surface area contributed by atoms with Crippen LogP contribution in [0.15, 0.2) is 6.07 Å². The van der Waals surface area contributed by atoms with Gasteiger partial charge in [-0.2, -0.15) is 0 Å². The summed E-state index contributed by atoms with van der Waals surface area (Å²) >= 11 is 7.92. The second kappa shape index (κ2) is 6.00. The summed E-state index contributed by atoms with van der Waals surface area (Å²) < 4.78 is 64.9. The largest absolute Gasteiger partial charge is 0.574 e. The van der Waals surface area contributed by atoms with Crippen LogP contribution in [0.3, 0.4) is 0 Å². The monoisotopic (exact) mass is 367 g/mol. The number of nitrogens with zero attached hydrogens (tertiary/aromatic N) is 1. The minimum atomic E-state index is -5.18. The van der Waals surface area contributed by atoms with E-state index < -0.39 is 35.2 Å². The number of halogens is 7. The molecule has 0 saturated heterocycles. The first-order valence-corrected chi connectivity index (χ1v) is 5.99. The van der Waals surface area contributed by atoms with Crippen LogP contribution in [0.1, 0.15) is 28.0 Å². The van der Waals surface area contributed by atoms with Crippen LogP contribution >= 0.6 is 27.5 Å². The van der Waals surface area contributed by atoms with E-state index in [-0.39, 0.29) is 10.9 Å². The molecule has 0 aliphatic heterocycles. The highest BCUT2D eigenvalue weighted by Gasteiger charge is 2.35. The minimum absolute atomic E-state index is 0.136. The number of rotatable bonds is 4. The van der Waals surface area contributed by atoms with Gasteiger partial charge in [-0.15, -0.1) is 13.2 Å². The van der Waals surface area contributed by atoms with E-state index in [0.717, 1.165) is 6.07 Å². The number of carbonyl (C=O) groups is 1. The van der Waals surface area contributed by atoms with Crippen LogP contribution in [0, 0.1) is 0 Å². The highest BCUT2D eigenvalue weighted by Crippen LogP contribution is 2.32. The Morgan fingerprint density at radius 3 is 2.42 bits per heavy atom. The van der Waals surface area contributed by atoms with E-state index in [1.54, 1.807) is 0 Å². The Hall–Kier alpha value is -0.960. The third-order valence-corrected chi connectivity index (χ3v) is 2.68. The molecule has 0 aliphatic carbocycles. The molecule has 19 heavy (non-hydrogen) atoms. The molecule has 10 heteroatoms. The molecule has 0 saturated carbocycles. The lowest BCUT2D eigenvalue weighted by atomic mass is 10.1. The van der Waals surface area contributed by atoms with Crippen molar-refractivity contribution in [1.82, 2.24) is 4.98 Å². The highest BCUT2D eigenvalue weighted by atomic mass is 79.9. The third-order valence-electron chi connectivity index (χ3n) is 1.87. The molecule has 0 fully saturated rings. The summed E-state index contributed by atoms with van der Waals surface area (Å²) in [4.78, 5) is 14.0. The van der Waals surface area contributed by atoms with Gasteiger partial charge in [-0.3, -0.25) is 4.79 Å². The SMILES string of the molecule is O=C(Cl)c1cc(CBr)c(C(F)F)nc1OC(F)(F)F. The van der Waals surface area contributed by atoms with E-state index in [1.165, 1.54) is 0 Å². The van der Waals surface area contributed by atoms with E-state index in [2.05, 4.69) is 25.7 Å². The van der Waals surface area contributed by atoms with Crippen molar-refractivity contribution in [2.75, 3.05) is 0 Å². The molecule has 0 N–H and O–H groups in total. The van der Waals surface area contributed by atoms with Gasteiger partial charge in [0.2, 0.25) is 5.88 Å². The lowest BCUT2D eigenvalue weighted by Crippen LogP contribution is -2.20. The van der Waals surface area contributed by atoms with Gasteiger partial charge in [0.05, 0.1) is 5.56 Å². The molecule has 0 aliphatic rings. The average Bonchev–Trinajstić information content (AvgIpc) is 2.25. The molecule has 106 valence electrons. The molecule has 1 rings (SSSR count). The van der Waals surface area contributed by atoms with Crippen LogP contribution in [0.4, 0.5) is 22.0 Å². The Bertz CT molecular complexity index is 494. The second-order valence-electron chi connectivity index (χ2n) is 3.14. The first-order chi connectivity index (χ1) is 8.65. The molecule has 0 bridgehead atoms. The Morgan fingerprint density at radius 1 is 1.47 bits per heavy atom. The van der Waals surface area contributed by atoms with Crippen molar-refractivity contribution in [3.05, 3.63) is 22.9 Å². The molecule has 0 unspecified atom stereocenters. The zero-order valence-corrected chi connectivity index (χ0v) is 11.1. The van der Waals surface area contributed by atoms with Gasteiger partial charge >= 0.3 is 6.36 Å². The smallest absolute Gasteiger partial charge is 0.387 e. The quantitative estimate of drug-likeness (QED) is 0.454. The standard InChI is InChI=1S/C9H4BrClF5NO2/c10-2-3-1-4(6(11)18)8(19-9(14,15)16)17-5(3)7(12)13/h1,7H,2H2. The summed E-state index contributed by atoms with van der Waals surface area (Å²) in [7, 11) is 0. The van der Waals surface area contributed by atoms with Crippen LogP contribution in [-0.2, 0) is 5.33 Å². The molecule has 0 aromatic carbocycles. The molecule has 1 aromatic rings. The van der Waals surface area contributed by atoms with Gasteiger partial charge in [0.15, 0.2) is 0 Å². The van der Waals surface area contributed by atoms with Gasteiger partial charge in [0.1, 0.15) is 5.69 Å². The van der Waals surface area contributed by atoms with Gasteiger partial charge in [-0.1, -0.05) is 15.9 Å². The lowest BCUT2D eigenvalue weighted by molar-refractivity contribution is -0.276. The zero-order chi connectivity index (χ0) is 14.8. The van der Waals surface area contributed by atoms with Crippen LogP contribution in [0.5, 0.6) is 5.88 Å². The molecule has 1 heterocycles. The normalized spacial score (nSPS) is 11.8. The summed E-state index contributed by atoms with van der Waals surface area (Å²) in [6.45, 7) is 0. The van der Waals surface area contributed by atoms with Gasteiger partial charge < -0.3 is 4.74 Å². The van der Waals surface area contributed by atoms with Gasteiger partial charge in [0, 0.05) is 5.33 Å². The fourth-order valence-electron chi connectivity index (χ4n) is 1.18. The first kappa shape index (κ1) is 16.1. The minimum Gasteiger partial charge on any atom is -0.387 e. The number of aromatic nitrogens is 1. The molecular formula is C9H4BrClF5NO2. The van der Waals surface area contributed by atoms with Crippen molar-refractivity contribution in [2.24, 2.45) is 0 Å². The van der Waals surface area contributed by atoms with Crippen LogP contribution in [0.2, 0.25) is 0 Å². The van der Waals surface area contributed by atoms with Crippen LogP contribution < -0.4 is 4.74 Å². The van der Waals surface area contributed by atoms with Crippen molar-refractivity contribution in [3.8, 4) is 5.88 Å². The van der Waals surface area contributed by atoms with E-state index in [0.29, 0.717) is 0 Å². The summed E-state index contributed by atoms with van der Waals surface area (Å²) in [6.07, 6.45) is -8.30. The van der Waals surface area contributed by atoms with Crippen LogP contribution in [-0.4, -0.2) is 16.6 Å². The van der Waals surface area contributed by atoms with Crippen molar-refractivity contribution in [2.45, 2.75) is 18.1 Å². The maximum Gasteiger partial charge on any atom is 0.574 e. The summed E-state index contributed by atoms with van der Waals surface area (Å²) in [5.41, 5.74) is -1.82. The van der Waals surface area contributed by atoms with Gasteiger partial charge in [-0.05, 0) is 23.2 Å². The number of ether oxygens (including phenoxy) is 1. The maximum absolute atomic E-state index is 12.6. The van der Waals surface area contributed by atoms with E-state index in [1.807, 2.05) is 0 Å². The first-order valence-electron chi connectivity index (χ1n) is 4.49. The molecule has 0 radical (unpaired) electrons. The molecule has 0 spiro atoms. The van der Waals surface area contributed by atoms with Crippen molar-refractivity contribution in [1.29, 1.82) is 0 Å². The number of hydrogen-bond acceptors (Lipinski definition) is 3.